The molecule has 0 amide bonds. The van der Waals surface area contributed by atoms with Crippen LogP contribution in [0.5, 0.6) is 0 Å². The van der Waals surface area contributed by atoms with Gasteiger partial charge in [0.05, 0.1) is 4.92 Å². The molecule has 7 nitrogen and oxygen atoms in total. The molecule has 1 atom stereocenters. The van der Waals surface area contributed by atoms with Crippen LogP contribution in [0.3, 0.4) is 0 Å². The van der Waals surface area contributed by atoms with Gasteiger partial charge in [0.2, 0.25) is 5.82 Å². The number of carboxylic acid groups (broad SMARTS) is 1. The molecule has 104 valence electrons. The molecule has 2 aromatic heterocycles. The first-order valence-corrected chi connectivity index (χ1v) is 6.51. The number of rotatable bonds is 5. The smallest absolute Gasteiger partial charge is 0.331 e. The number of nitro groups is 1. The minimum Gasteiger partial charge on any atom is -0.479 e. The molecule has 0 saturated carbocycles. The molecule has 0 bridgehead atoms. The average molecular weight is 293 g/mol. The van der Waals surface area contributed by atoms with Gasteiger partial charge in [0.25, 0.3) is 0 Å². The zero-order valence-electron chi connectivity index (χ0n) is 10.4. The molecule has 0 aliphatic carbocycles. The van der Waals surface area contributed by atoms with E-state index in [1.807, 2.05) is 0 Å². The Morgan fingerprint density at radius 2 is 2.30 bits per heavy atom. The normalized spacial score (nSPS) is 11.8. The Kier molecular flexibility index (Phi) is 3.94. The van der Waals surface area contributed by atoms with Crippen LogP contribution in [0.15, 0.2) is 29.8 Å². The summed E-state index contributed by atoms with van der Waals surface area (Å²) in [5.41, 5.74) is 0.207. The van der Waals surface area contributed by atoms with E-state index in [2.05, 4.69) is 10.3 Å². The van der Waals surface area contributed by atoms with Crippen LogP contribution in [-0.4, -0.2) is 21.0 Å². The van der Waals surface area contributed by atoms with Gasteiger partial charge in [0, 0.05) is 16.6 Å². The Hall–Kier alpha value is -2.48. The Balaban J connectivity index is 2.40. The maximum Gasteiger partial charge on any atom is 0.331 e. The summed E-state index contributed by atoms with van der Waals surface area (Å²) in [6, 6.07) is 3.81. The van der Waals surface area contributed by atoms with Crippen molar-refractivity contribution in [2.45, 2.75) is 13.0 Å². The molecule has 0 aliphatic rings. The van der Waals surface area contributed by atoms with Gasteiger partial charge in [-0.15, -0.1) is 11.3 Å². The van der Waals surface area contributed by atoms with E-state index in [0.29, 0.717) is 10.4 Å². The Labute approximate surface area is 118 Å². The summed E-state index contributed by atoms with van der Waals surface area (Å²) in [5, 5.41) is 24.7. The van der Waals surface area contributed by atoms with E-state index >= 15 is 0 Å². The molecule has 2 aromatic rings. The molecule has 0 fully saturated rings. The van der Waals surface area contributed by atoms with Crippen molar-refractivity contribution < 1.29 is 14.8 Å². The third-order valence-electron chi connectivity index (χ3n) is 2.66. The van der Waals surface area contributed by atoms with Crippen molar-refractivity contribution in [2.75, 3.05) is 5.32 Å². The van der Waals surface area contributed by atoms with Crippen LogP contribution < -0.4 is 5.32 Å². The number of carbonyl (C=O) groups is 1. The Bertz CT molecular complexity index is 642. The fourth-order valence-corrected chi connectivity index (χ4v) is 2.50. The predicted octanol–water partition coefficient (Wildman–Crippen LogP) is 2.60. The molecule has 20 heavy (non-hydrogen) atoms. The third-order valence-corrected chi connectivity index (χ3v) is 3.60. The van der Waals surface area contributed by atoms with E-state index in [1.165, 1.54) is 23.6 Å². The number of nitrogens with one attached hydrogen (secondary N) is 1. The lowest BCUT2D eigenvalue weighted by molar-refractivity contribution is -0.384. The molecular formula is C12H11N3O4S. The van der Waals surface area contributed by atoms with Crippen LogP contribution >= 0.6 is 11.3 Å². The van der Waals surface area contributed by atoms with Crippen molar-refractivity contribution in [2.24, 2.45) is 0 Å². The van der Waals surface area contributed by atoms with E-state index in [-0.39, 0.29) is 11.5 Å². The van der Waals surface area contributed by atoms with Crippen molar-refractivity contribution in [3.05, 3.63) is 50.3 Å². The van der Waals surface area contributed by atoms with Crippen LogP contribution in [0.1, 0.15) is 16.5 Å². The summed E-state index contributed by atoms with van der Waals surface area (Å²) in [6.45, 7) is 1.58. The van der Waals surface area contributed by atoms with Crippen LogP contribution in [0.4, 0.5) is 11.5 Å². The Morgan fingerprint density at radius 1 is 1.55 bits per heavy atom. The first-order valence-electron chi connectivity index (χ1n) is 5.63. The van der Waals surface area contributed by atoms with Gasteiger partial charge < -0.3 is 10.4 Å². The summed E-state index contributed by atoms with van der Waals surface area (Å²) in [6.07, 6.45) is 1.40. The lowest BCUT2D eigenvalue weighted by Crippen LogP contribution is -2.20. The maximum absolute atomic E-state index is 11.3. The largest absolute Gasteiger partial charge is 0.479 e. The monoisotopic (exact) mass is 293 g/mol. The summed E-state index contributed by atoms with van der Waals surface area (Å²) in [4.78, 5) is 26.2. The fourth-order valence-electron chi connectivity index (χ4n) is 1.73. The molecule has 0 aromatic carbocycles. The topological polar surface area (TPSA) is 105 Å². The molecule has 0 saturated heterocycles. The van der Waals surface area contributed by atoms with Crippen LogP contribution in [0, 0.1) is 17.0 Å². The average Bonchev–Trinajstić information content (AvgIpc) is 2.88. The van der Waals surface area contributed by atoms with E-state index in [9.17, 15) is 20.0 Å². The molecule has 2 rings (SSSR count). The molecule has 0 radical (unpaired) electrons. The van der Waals surface area contributed by atoms with Crippen molar-refractivity contribution in [1.82, 2.24) is 4.98 Å². The molecule has 8 heteroatoms. The van der Waals surface area contributed by atoms with Crippen molar-refractivity contribution in [3.8, 4) is 0 Å². The van der Waals surface area contributed by atoms with Crippen LogP contribution in [-0.2, 0) is 4.79 Å². The van der Waals surface area contributed by atoms with Gasteiger partial charge in [-0.2, -0.15) is 0 Å². The Morgan fingerprint density at radius 3 is 2.85 bits per heavy atom. The second-order valence-electron chi connectivity index (χ2n) is 4.01. The van der Waals surface area contributed by atoms with Gasteiger partial charge in [0.1, 0.15) is 0 Å². The van der Waals surface area contributed by atoms with Crippen LogP contribution in [0.25, 0.3) is 0 Å². The zero-order valence-corrected chi connectivity index (χ0v) is 11.3. The maximum atomic E-state index is 11.3. The van der Waals surface area contributed by atoms with Crippen LogP contribution in [0.2, 0.25) is 0 Å². The second-order valence-corrected chi connectivity index (χ2v) is 4.99. The minimum atomic E-state index is -1.12. The van der Waals surface area contributed by atoms with Gasteiger partial charge in [-0.1, -0.05) is 6.07 Å². The third kappa shape index (κ3) is 2.75. The summed E-state index contributed by atoms with van der Waals surface area (Å²) in [7, 11) is 0. The number of aliphatic carboxylic acids is 1. The van der Waals surface area contributed by atoms with Gasteiger partial charge >= 0.3 is 11.7 Å². The highest BCUT2D eigenvalue weighted by Gasteiger charge is 2.26. The lowest BCUT2D eigenvalue weighted by atomic mass is 10.2. The highest BCUT2D eigenvalue weighted by atomic mass is 32.1. The van der Waals surface area contributed by atoms with Gasteiger partial charge in [-0.25, -0.2) is 9.78 Å². The number of thiophene rings is 1. The number of hydrogen-bond acceptors (Lipinski definition) is 6. The second kappa shape index (κ2) is 5.66. The molecule has 2 heterocycles. The molecule has 2 N–H and O–H groups in total. The predicted molar refractivity (Wildman–Crippen MR) is 73.9 cm³/mol. The molecular weight excluding hydrogens is 282 g/mol. The lowest BCUT2D eigenvalue weighted by Gasteiger charge is -2.14. The summed E-state index contributed by atoms with van der Waals surface area (Å²) in [5.74, 6) is -1.17. The number of aryl methyl sites for hydroxylation is 1. The quantitative estimate of drug-likeness (QED) is 0.648. The number of anilines is 1. The SMILES string of the molecule is Cc1ccnc(NC(C(=O)O)c2cccs2)c1[N+](=O)[O-]. The van der Waals surface area contributed by atoms with E-state index in [0.717, 1.165) is 0 Å². The van der Waals surface area contributed by atoms with Crippen molar-refractivity contribution in [3.63, 3.8) is 0 Å². The number of pyridine rings is 1. The molecule has 0 aliphatic heterocycles. The summed E-state index contributed by atoms with van der Waals surface area (Å²) < 4.78 is 0. The summed E-state index contributed by atoms with van der Waals surface area (Å²) >= 11 is 1.26. The number of nitrogens with zero attached hydrogens (tertiary/aromatic N) is 2. The van der Waals surface area contributed by atoms with E-state index in [4.69, 9.17) is 0 Å². The highest BCUT2D eigenvalue weighted by Crippen LogP contribution is 2.30. The van der Waals surface area contributed by atoms with Gasteiger partial charge in [-0.05, 0) is 24.4 Å². The van der Waals surface area contributed by atoms with Gasteiger partial charge in [-0.3, -0.25) is 10.1 Å². The highest BCUT2D eigenvalue weighted by molar-refractivity contribution is 7.10. The fraction of sp³-hybridized carbons (Fsp3) is 0.167. The minimum absolute atomic E-state index is 0.0456. The van der Waals surface area contributed by atoms with Crippen molar-refractivity contribution >= 4 is 28.8 Å². The number of carboxylic acids is 1. The number of aromatic nitrogens is 1. The first kappa shape index (κ1) is 13.9. The van der Waals surface area contributed by atoms with Crippen molar-refractivity contribution in [1.29, 1.82) is 0 Å². The first-order chi connectivity index (χ1) is 9.50. The van der Waals surface area contributed by atoms with E-state index in [1.54, 1.807) is 24.4 Å². The van der Waals surface area contributed by atoms with E-state index < -0.39 is 16.9 Å². The number of hydrogen-bond donors (Lipinski definition) is 2. The van der Waals surface area contributed by atoms with Gasteiger partial charge in [0.15, 0.2) is 6.04 Å². The molecule has 0 spiro atoms. The standard InChI is InChI=1S/C12H11N3O4S/c1-7-4-5-13-11(10(7)15(18)19)14-9(12(16)17)8-3-2-6-20-8/h2-6,9H,1H3,(H,13,14)(H,16,17). The zero-order chi connectivity index (χ0) is 14.7. The molecule has 1 unspecified atom stereocenters.